The van der Waals surface area contributed by atoms with Gasteiger partial charge in [0.1, 0.15) is 12.4 Å². The molecule has 0 unspecified atom stereocenters. The van der Waals surface area contributed by atoms with E-state index >= 15 is 0 Å². The monoisotopic (exact) mass is 395 g/mol. The molecule has 1 fully saturated rings. The summed E-state index contributed by atoms with van der Waals surface area (Å²) in [5.41, 5.74) is 1.08. The highest BCUT2D eigenvalue weighted by atomic mass is 19.1. The van der Waals surface area contributed by atoms with Gasteiger partial charge in [0.05, 0.1) is 24.2 Å². The maximum atomic E-state index is 14.2. The van der Waals surface area contributed by atoms with Gasteiger partial charge in [0, 0.05) is 19.6 Å². The molecule has 1 N–H and O–H groups in total. The van der Waals surface area contributed by atoms with E-state index in [-0.39, 0.29) is 24.7 Å². The van der Waals surface area contributed by atoms with E-state index in [4.69, 9.17) is 0 Å². The van der Waals surface area contributed by atoms with Crippen LogP contribution in [0.3, 0.4) is 0 Å². The van der Waals surface area contributed by atoms with Gasteiger partial charge in [-0.15, -0.1) is 0 Å². The van der Waals surface area contributed by atoms with E-state index in [0.717, 1.165) is 5.56 Å². The first-order valence-corrected chi connectivity index (χ1v) is 9.26. The molecule has 1 heterocycles. The minimum atomic E-state index is -0.849. The fourth-order valence-corrected chi connectivity index (χ4v) is 3.68. The molecule has 150 valence electrons. The van der Waals surface area contributed by atoms with Gasteiger partial charge in [-0.25, -0.2) is 4.39 Å². The van der Waals surface area contributed by atoms with E-state index in [1.807, 2.05) is 17.0 Å². The molecule has 6 nitrogen and oxygen atoms in total. The van der Waals surface area contributed by atoms with Crippen LogP contribution >= 0.6 is 0 Å². The van der Waals surface area contributed by atoms with Crippen LogP contribution in [0.15, 0.2) is 48.5 Å². The van der Waals surface area contributed by atoms with Gasteiger partial charge >= 0.3 is 5.97 Å². The van der Waals surface area contributed by atoms with Gasteiger partial charge in [-0.3, -0.25) is 14.5 Å². The molecular weight excluding hydrogens is 373 g/mol. The summed E-state index contributed by atoms with van der Waals surface area (Å²) < 4.78 is 18.8. The second-order valence-corrected chi connectivity index (χ2v) is 7.22. The standard InChI is InChI=1S/C22H22FN3O3/c1-29-20(27)12-25-21(28)22(10-16-6-4-5-9-19(16)23)14-26(15-22)13-18-8-3-2-7-17(18)11-24/h2-9H,10,12-15H2,1H3,(H,25,28). The molecule has 0 bridgehead atoms. The van der Waals surface area contributed by atoms with Crippen molar-refractivity contribution in [2.75, 3.05) is 26.7 Å². The lowest BCUT2D eigenvalue weighted by atomic mass is 9.73. The van der Waals surface area contributed by atoms with E-state index < -0.39 is 11.4 Å². The number of benzene rings is 2. The maximum Gasteiger partial charge on any atom is 0.325 e. The Morgan fingerprint density at radius 2 is 1.83 bits per heavy atom. The van der Waals surface area contributed by atoms with Crippen LogP contribution in [0, 0.1) is 22.6 Å². The Hall–Kier alpha value is -3.24. The number of nitrogens with one attached hydrogen (secondary N) is 1. The van der Waals surface area contributed by atoms with Crippen molar-refractivity contribution in [2.24, 2.45) is 5.41 Å². The lowest BCUT2D eigenvalue weighted by Crippen LogP contribution is -2.64. The van der Waals surface area contributed by atoms with Crippen LogP contribution in [0.1, 0.15) is 16.7 Å². The number of methoxy groups -OCH3 is 1. The van der Waals surface area contributed by atoms with Crippen molar-refractivity contribution in [1.82, 2.24) is 10.2 Å². The summed E-state index contributed by atoms with van der Waals surface area (Å²) in [6.07, 6.45) is 0.225. The first-order valence-electron chi connectivity index (χ1n) is 9.26. The summed E-state index contributed by atoms with van der Waals surface area (Å²) in [6, 6.07) is 15.9. The Morgan fingerprint density at radius 1 is 1.17 bits per heavy atom. The van der Waals surface area contributed by atoms with Gasteiger partial charge in [-0.05, 0) is 29.7 Å². The largest absolute Gasteiger partial charge is 0.468 e. The molecule has 29 heavy (non-hydrogen) atoms. The molecule has 1 saturated heterocycles. The summed E-state index contributed by atoms with van der Waals surface area (Å²) in [4.78, 5) is 26.3. The number of carbonyl (C=O) groups is 2. The van der Waals surface area contributed by atoms with Crippen LogP contribution in [-0.2, 0) is 27.3 Å². The van der Waals surface area contributed by atoms with Gasteiger partial charge in [-0.1, -0.05) is 36.4 Å². The van der Waals surface area contributed by atoms with Crippen molar-refractivity contribution in [3.8, 4) is 6.07 Å². The number of hydrogen-bond acceptors (Lipinski definition) is 5. The molecule has 0 spiro atoms. The first-order chi connectivity index (χ1) is 14.0. The molecule has 1 aliphatic heterocycles. The molecule has 7 heteroatoms. The lowest BCUT2D eigenvalue weighted by molar-refractivity contribution is -0.147. The van der Waals surface area contributed by atoms with E-state index in [0.29, 0.717) is 30.8 Å². The molecule has 1 aliphatic rings. The van der Waals surface area contributed by atoms with Crippen molar-refractivity contribution in [3.63, 3.8) is 0 Å². The first kappa shape index (κ1) is 20.5. The Labute approximate surface area is 168 Å². The molecular formula is C22H22FN3O3. The Bertz CT molecular complexity index is 948. The van der Waals surface area contributed by atoms with E-state index in [9.17, 15) is 19.2 Å². The molecule has 0 saturated carbocycles. The highest BCUT2D eigenvalue weighted by Gasteiger charge is 2.49. The van der Waals surface area contributed by atoms with Gasteiger partial charge in [-0.2, -0.15) is 5.26 Å². The third-order valence-corrected chi connectivity index (χ3v) is 5.17. The zero-order valence-corrected chi connectivity index (χ0v) is 16.2. The second kappa shape index (κ2) is 8.84. The summed E-state index contributed by atoms with van der Waals surface area (Å²) in [7, 11) is 1.25. The van der Waals surface area contributed by atoms with Gasteiger partial charge in [0.2, 0.25) is 5.91 Å². The normalized spacial score (nSPS) is 15.1. The highest BCUT2D eigenvalue weighted by Crippen LogP contribution is 2.36. The predicted molar refractivity (Wildman–Crippen MR) is 104 cm³/mol. The number of nitrogens with zero attached hydrogens (tertiary/aromatic N) is 2. The number of amides is 1. The number of hydrogen-bond donors (Lipinski definition) is 1. The summed E-state index contributed by atoms with van der Waals surface area (Å²) >= 11 is 0. The van der Waals surface area contributed by atoms with Crippen LogP contribution < -0.4 is 5.32 Å². The third kappa shape index (κ3) is 4.61. The van der Waals surface area contributed by atoms with E-state index in [2.05, 4.69) is 16.1 Å². The maximum absolute atomic E-state index is 14.2. The van der Waals surface area contributed by atoms with Gasteiger partial charge < -0.3 is 10.1 Å². The number of nitriles is 1. The van der Waals surface area contributed by atoms with Crippen molar-refractivity contribution in [1.29, 1.82) is 5.26 Å². The molecule has 0 aromatic heterocycles. The van der Waals surface area contributed by atoms with Gasteiger partial charge in [0.15, 0.2) is 0 Å². The number of halogens is 1. The number of rotatable bonds is 7. The average Bonchev–Trinajstić information content (AvgIpc) is 2.71. The van der Waals surface area contributed by atoms with Crippen molar-refractivity contribution < 1.29 is 18.7 Å². The van der Waals surface area contributed by atoms with Crippen molar-refractivity contribution in [3.05, 3.63) is 71.0 Å². The number of esters is 1. The Morgan fingerprint density at radius 3 is 2.48 bits per heavy atom. The number of ether oxygens (including phenoxy) is 1. The highest BCUT2D eigenvalue weighted by molar-refractivity contribution is 5.87. The Balaban J connectivity index is 1.75. The van der Waals surface area contributed by atoms with Crippen molar-refractivity contribution >= 4 is 11.9 Å². The molecule has 0 radical (unpaired) electrons. The minimum Gasteiger partial charge on any atom is -0.468 e. The summed E-state index contributed by atoms with van der Waals surface area (Å²) in [6.45, 7) is 1.08. The van der Waals surface area contributed by atoms with Crippen LogP contribution in [0.4, 0.5) is 4.39 Å². The second-order valence-electron chi connectivity index (χ2n) is 7.22. The number of carbonyl (C=O) groups excluding carboxylic acids is 2. The fourth-order valence-electron chi connectivity index (χ4n) is 3.68. The molecule has 0 aliphatic carbocycles. The molecule has 2 aromatic rings. The van der Waals surface area contributed by atoms with Crippen LogP contribution in [0.5, 0.6) is 0 Å². The SMILES string of the molecule is COC(=O)CNC(=O)C1(Cc2ccccc2F)CN(Cc2ccccc2C#N)C1. The molecule has 2 aromatic carbocycles. The van der Waals surface area contributed by atoms with E-state index in [1.165, 1.54) is 13.2 Å². The van der Waals surface area contributed by atoms with Crippen molar-refractivity contribution in [2.45, 2.75) is 13.0 Å². The lowest BCUT2D eigenvalue weighted by Gasteiger charge is -2.49. The molecule has 3 rings (SSSR count). The predicted octanol–water partition coefficient (Wildman–Crippen LogP) is 2.03. The third-order valence-electron chi connectivity index (χ3n) is 5.17. The topological polar surface area (TPSA) is 82.4 Å². The minimum absolute atomic E-state index is 0.225. The molecule has 1 amide bonds. The van der Waals surface area contributed by atoms with Gasteiger partial charge in [0.25, 0.3) is 0 Å². The average molecular weight is 395 g/mol. The zero-order chi connectivity index (χ0) is 20.9. The number of likely N-dealkylation sites (tertiary alicyclic amines) is 1. The quantitative estimate of drug-likeness (QED) is 0.726. The van der Waals surface area contributed by atoms with Crippen LogP contribution in [0.2, 0.25) is 0 Å². The summed E-state index contributed by atoms with van der Waals surface area (Å²) in [5, 5.41) is 11.9. The van der Waals surface area contributed by atoms with E-state index in [1.54, 1.807) is 30.3 Å². The smallest absolute Gasteiger partial charge is 0.325 e. The van der Waals surface area contributed by atoms with Crippen LogP contribution in [0.25, 0.3) is 0 Å². The fraction of sp³-hybridized carbons (Fsp3) is 0.318. The Kier molecular flexibility index (Phi) is 6.25. The zero-order valence-electron chi connectivity index (χ0n) is 16.2. The molecule has 0 atom stereocenters. The van der Waals surface area contributed by atoms with Crippen LogP contribution in [-0.4, -0.2) is 43.5 Å². The summed E-state index contributed by atoms with van der Waals surface area (Å²) in [5.74, 6) is -1.21.